The van der Waals surface area contributed by atoms with E-state index in [0.29, 0.717) is 26.1 Å². The standard InChI is InChI=1S/C21H29FN2O2/c1-16(2)24-15-20(26-21(8-9-21)19(24)25)10-12-23(13-11-20)18(22)14-17-6-4-3-5-7-17/h3-7,16,18H,8-15H2,1-2H3. The lowest BCUT2D eigenvalue weighted by molar-refractivity contribution is -0.206. The number of rotatable bonds is 4. The highest BCUT2D eigenvalue weighted by molar-refractivity contribution is 5.89. The molecule has 2 saturated heterocycles. The molecule has 1 aliphatic carbocycles. The summed E-state index contributed by atoms with van der Waals surface area (Å²) in [7, 11) is 0. The summed E-state index contributed by atoms with van der Waals surface area (Å²) in [5.74, 6) is 0.160. The SMILES string of the molecule is CC(C)N1CC2(CCN(C(F)Cc3ccccc3)CC2)OC2(CC2)C1=O. The summed E-state index contributed by atoms with van der Waals surface area (Å²) in [6.45, 7) is 6.16. The highest BCUT2D eigenvalue weighted by Crippen LogP contribution is 2.50. The largest absolute Gasteiger partial charge is 0.357 e. The summed E-state index contributed by atoms with van der Waals surface area (Å²) in [5, 5.41) is 0. The quantitative estimate of drug-likeness (QED) is 0.774. The molecule has 3 aliphatic rings. The number of nitrogens with zero attached hydrogens (tertiary/aromatic N) is 2. The number of carbonyl (C=O) groups excluding carboxylic acids is 1. The van der Waals surface area contributed by atoms with Gasteiger partial charge in [-0.3, -0.25) is 9.69 Å². The average Bonchev–Trinajstić information content (AvgIpc) is 3.39. The lowest BCUT2D eigenvalue weighted by atomic mass is 9.87. The van der Waals surface area contributed by atoms with Crippen molar-refractivity contribution in [2.45, 2.75) is 69.5 Å². The fourth-order valence-electron chi connectivity index (χ4n) is 4.39. The van der Waals surface area contributed by atoms with Crippen LogP contribution in [0.25, 0.3) is 0 Å². The lowest BCUT2D eigenvalue weighted by Gasteiger charge is -2.51. The maximum atomic E-state index is 14.8. The van der Waals surface area contributed by atoms with Crippen LogP contribution in [0.5, 0.6) is 0 Å². The van der Waals surface area contributed by atoms with Crippen LogP contribution < -0.4 is 0 Å². The van der Waals surface area contributed by atoms with Crippen molar-refractivity contribution in [3.8, 4) is 0 Å². The molecule has 26 heavy (non-hydrogen) atoms. The zero-order chi connectivity index (χ0) is 18.4. The number of hydrogen-bond acceptors (Lipinski definition) is 3. The van der Waals surface area contributed by atoms with Crippen molar-refractivity contribution in [3.05, 3.63) is 35.9 Å². The number of amides is 1. The van der Waals surface area contributed by atoms with Gasteiger partial charge in [0.15, 0.2) is 6.30 Å². The van der Waals surface area contributed by atoms with E-state index in [4.69, 9.17) is 4.74 Å². The van der Waals surface area contributed by atoms with Crippen LogP contribution in [0.1, 0.15) is 45.1 Å². The van der Waals surface area contributed by atoms with Crippen LogP contribution in [0, 0.1) is 0 Å². The van der Waals surface area contributed by atoms with Crippen LogP contribution in [0.4, 0.5) is 4.39 Å². The molecule has 1 amide bonds. The third-order valence-electron chi connectivity index (χ3n) is 6.20. The van der Waals surface area contributed by atoms with Crippen molar-refractivity contribution in [3.63, 3.8) is 0 Å². The van der Waals surface area contributed by atoms with Gasteiger partial charge >= 0.3 is 0 Å². The molecule has 0 aromatic heterocycles. The molecule has 142 valence electrons. The zero-order valence-electron chi connectivity index (χ0n) is 15.8. The second-order valence-electron chi connectivity index (χ2n) is 8.47. The van der Waals surface area contributed by atoms with Crippen molar-refractivity contribution < 1.29 is 13.9 Å². The minimum absolute atomic E-state index is 0.160. The number of morpholine rings is 1. The molecule has 2 heterocycles. The van der Waals surface area contributed by atoms with E-state index in [-0.39, 0.29) is 17.6 Å². The molecule has 2 spiro atoms. The summed E-state index contributed by atoms with van der Waals surface area (Å²) in [4.78, 5) is 16.6. The van der Waals surface area contributed by atoms with Crippen LogP contribution in [0.2, 0.25) is 0 Å². The van der Waals surface area contributed by atoms with Gasteiger partial charge < -0.3 is 9.64 Å². The topological polar surface area (TPSA) is 32.8 Å². The van der Waals surface area contributed by atoms with Crippen molar-refractivity contribution in [1.82, 2.24) is 9.80 Å². The number of ether oxygens (including phenoxy) is 1. The number of hydrogen-bond donors (Lipinski definition) is 0. The summed E-state index contributed by atoms with van der Waals surface area (Å²) in [5.41, 5.74) is 0.171. The molecule has 0 N–H and O–H groups in total. The first-order valence-electron chi connectivity index (χ1n) is 9.86. The Bertz CT molecular complexity index is 651. The molecule has 4 nitrogen and oxygen atoms in total. The van der Waals surface area contributed by atoms with Gasteiger partial charge in [-0.15, -0.1) is 0 Å². The molecule has 1 saturated carbocycles. The molecule has 1 aromatic rings. The average molecular weight is 360 g/mol. The zero-order valence-corrected chi connectivity index (χ0v) is 15.8. The maximum Gasteiger partial charge on any atom is 0.255 e. The van der Waals surface area contributed by atoms with Gasteiger partial charge in [-0.2, -0.15) is 0 Å². The van der Waals surface area contributed by atoms with Crippen LogP contribution in [0.15, 0.2) is 30.3 Å². The predicted octanol–water partition coefficient (Wildman–Crippen LogP) is 3.16. The van der Waals surface area contributed by atoms with Gasteiger partial charge in [-0.25, -0.2) is 4.39 Å². The minimum Gasteiger partial charge on any atom is -0.357 e. The first kappa shape index (κ1) is 17.9. The van der Waals surface area contributed by atoms with Gasteiger partial charge in [-0.05, 0) is 45.1 Å². The summed E-state index contributed by atoms with van der Waals surface area (Å²) in [6.07, 6.45) is 2.72. The highest BCUT2D eigenvalue weighted by Gasteiger charge is 2.62. The van der Waals surface area contributed by atoms with Crippen LogP contribution in [-0.2, 0) is 16.0 Å². The number of halogens is 1. The smallest absolute Gasteiger partial charge is 0.255 e. The van der Waals surface area contributed by atoms with Gasteiger partial charge in [-0.1, -0.05) is 30.3 Å². The number of carbonyl (C=O) groups is 1. The molecule has 1 aromatic carbocycles. The fourth-order valence-corrected chi connectivity index (χ4v) is 4.39. The number of benzene rings is 1. The maximum absolute atomic E-state index is 14.8. The molecule has 2 aliphatic heterocycles. The predicted molar refractivity (Wildman–Crippen MR) is 98.5 cm³/mol. The van der Waals surface area contributed by atoms with E-state index in [2.05, 4.69) is 13.8 Å². The van der Waals surface area contributed by atoms with Crippen molar-refractivity contribution in [2.24, 2.45) is 0 Å². The van der Waals surface area contributed by atoms with Crippen LogP contribution >= 0.6 is 0 Å². The third kappa shape index (κ3) is 3.27. The molecular formula is C21H29FN2O2. The normalized spacial score (nSPS) is 25.8. The van der Waals surface area contributed by atoms with Crippen LogP contribution in [-0.4, -0.2) is 58.9 Å². The molecule has 0 bridgehead atoms. The van der Waals surface area contributed by atoms with Crippen molar-refractivity contribution >= 4 is 5.91 Å². The first-order valence-corrected chi connectivity index (χ1v) is 9.86. The van der Waals surface area contributed by atoms with E-state index in [1.807, 2.05) is 40.1 Å². The Balaban J connectivity index is 1.40. The Morgan fingerprint density at radius 1 is 1.12 bits per heavy atom. The molecule has 0 radical (unpaired) electrons. The van der Waals surface area contributed by atoms with Crippen molar-refractivity contribution in [2.75, 3.05) is 19.6 Å². The van der Waals surface area contributed by atoms with Gasteiger partial charge in [0.1, 0.15) is 5.60 Å². The molecule has 1 atom stereocenters. The molecule has 3 fully saturated rings. The van der Waals surface area contributed by atoms with E-state index < -0.39 is 11.9 Å². The van der Waals surface area contributed by atoms with Gasteiger partial charge in [0.05, 0.1) is 12.1 Å². The van der Waals surface area contributed by atoms with Crippen LogP contribution in [0.3, 0.4) is 0 Å². The Morgan fingerprint density at radius 2 is 1.77 bits per heavy atom. The Hall–Kier alpha value is -1.46. The summed E-state index contributed by atoms with van der Waals surface area (Å²) >= 11 is 0. The second-order valence-corrected chi connectivity index (χ2v) is 8.47. The van der Waals surface area contributed by atoms with E-state index in [1.54, 1.807) is 0 Å². The lowest BCUT2D eigenvalue weighted by Crippen LogP contribution is -2.64. The number of alkyl halides is 1. The van der Waals surface area contributed by atoms with Gasteiger partial charge in [0.2, 0.25) is 0 Å². The molecular weight excluding hydrogens is 331 g/mol. The minimum atomic E-state index is -0.962. The van der Waals surface area contributed by atoms with E-state index >= 15 is 0 Å². The molecule has 5 heteroatoms. The number of likely N-dealkylation sites (tertiary alicyclic amines) is 1. The van der Waals surface area contributed by atoms with Gasteiger partial charge in [0.25, 0.3) is 5.91 Å². The van der Waals surface area contributed by atoms with E-state index in [0.717, 1.165) is 31.2 Å². The van der Waals surface area contributed by atoms with Gasteiger partial charge in [0, 0.05) is 25.6 Å². The Kier molecular flexibility index (Phi) is 4.56. The highest BCUT2D eigenvalue weighted by atomic mass is 19.1. The van der Waals surface area contributed by atoms with E-state index in [1.165, 1.54) is 0 Å². The number of piperidine rings is 1. The van der Waals surface area contributed by atoms with Crippen molar-refractivity contribution in [1.29, 1.82) is 0 Å². The summed E-state index contributed by atoms with van der Waals surface area (Å²) in [6, 6.07) is 10.0. The van der Waals surface area contributed by atoms with E-state index in [9.17, 15) is 9.18 Å². The second kappa shape index (κ2) is 6.61. The third-order valence-corrected chi connectivity index (χ3v) is 6.20. The summed E-state index contributed by atoms with van der Waals surface area (Å²) < 4.78 is 21.2. The first-order chi connectivity index (χ1) is 12.4. The monoisotopic (exact) mass is 360 g/mol. The Morgan fingerprint density at radius 3 is 2.35 bits per heavy atom. The Labute approximate surface area is 155 Å². The molecule has 4 rings (SSSR count). The fraction of sp³-hybridized carbons (Fsp3) is 0.667. The molecule has 1 unspecified atom stereocenters.